The molecule has 0 aliphatic carbocycles. The van der Waals surface area contributed by atoms with Crippen molar-refractivity contribution in [1.29, 1.82) is 0 Å². The highest BCUT2D eigenvalue weighted by atomic mass is 16.5. The number of nitrogen functional groups attached to an aromatic ring is 1. The zero-order chi connectivity index (χ0) is 20.3. The molecule has 1 heterocycles. The van der Waals surface area contributed by atoms with Crippen LogP contribution in [0, 0.1) is 13.8 Å². The average Bonchev–Trinajstić information content (AvgIpc) is 2.71. The maximum absolute atomic E-state index is 12.1. The van der Waals surface area contributed by atoms with Crippen molar-refractivity contribution in [3.8, 4) is 11.6 Å². The third-order valence-corrected chi connectivity index (χ3v) is 4.51. The Morgan fingerprint density at radius 1 is 1.07 bits per heavy atom. The fourth-order valence-electron chi connectivity index (χ4n) is 2.77. The van der Waals surface area contributed by atoms with Crippen LogP contribution in [0.25, 0.3) is 0 Å². The molecule has 2 N–H and O–H groups in total. The predicted molar refractivity (Wildman–Crippen MR) is 108 cm³/mol. The van der Waals surface area contributed by atoms with Crippen molar-refractivity contribution in [1.82, 2.24) is 9.97 Å². The zero-order valence-electron chi connectivity index (χ0n) is 16.3. The second kappa shape index (κ2) is 7.96. The normalized spacial score (nSPS) is 10.4. The first-order valence-corrected chi connectivity index (χ1v) is 8.69. The molecule has 0 fully saturated rings. The molecule has 0 saturated carbocycles. The minimum atomic E-state index is -0.443. The van der Waals surface area contributed by atoms with Crippen molar-refractivity contribution in [2.24, 2.45) is 0 Å². The van der Waals surface area contributed by atoms with Crippen LogP contribution in [0.5, 0.6) is 11.6 Å². The molecule has 28 heavy (non-hydrogen) atoms. The van der Waals surface area contributed by atoms with Crippen LogP contribution in [-0.2, 0) is 4.74 Å². The number of rotatable bonds is 5. The number of anilines is 3. The molecule has 0 amide bonds. The van der Waals surface area contributed by atoms with E-state index in [1.807, 2.05) is 38.1 Å². The first-order chi connectivity index (χ1) is 13.4. The summed E-state index contributed by atoms with van der Waals surface area (Å²) in [6.45, 7) is 4.04. The summed E-state index contributed by atoms with van der Waals surface area (Å²) in [6, 6.07) is 12.8. The van der Waals surface area contributed by atoms with Gasteiger partial charge in [0.2, 0.25) is 5.88 Å². The van der Waals surface area contributed by atoms with E-state index < -0.39 is 5.97 Å². The van der Waals surface area contributed by atoms with Crippen LogP contribution >= 0.6 is 0 Å². The van der Waals surface area contributed by atoms with Gasteiger partial charge < -0.3 is 20.1 Å². The van der Waals surface area contributed by atoms with Crippen LogP contribution in [0.3, 0.4) is 0 Å². The van der Waals surface area contributed by atoms with Gasteiger partial charge in [0.1, 0.15) is 17.8 Å². The van der Waals surface area contributed by atoms with Crippen LogP contribution in [0.2, 0.25) is 0 Å². The Balaban J connectivity index is 1.97. The number of hydrogen-bond acceptors (Lipinski definition) is 7. The van der Waals surface area contributed by atoms with E-state index in [0.717, 1.165) is 5.56 Å². The molecule has 0 saturated heterocycles. The van der Waals surface area contributed by atoms with E-state index in [-0.39, 0.29) is 11.6 Å². The molecule has 3 rings (SSSR count). The lowest BCUT2D eigenvalue weighted by molar-refractivity contribution is 0.0601. The molecular weight excluding hydrogens is 356 g/mol. The van der Waals surface area contributed by atoms with Gasteiger partial charge in [0.25, 0.3) is 0 Å². The second-order valence-electron chi connectivity index (χ2n) is 6.33. The second-order valence-corrected chi connectivity index (χ2v) is 6.33. The molecule has 0 unspecified atom stereocenters. The van der Waals surface area contributed by atoms with Gasteiger partial charge in [-0.1, -0.05) is 18.2 Å². The molecule has 0 radical (unpaired) electrons. The number of nitrogens with zero attached hydrogens (tertiary/aromatic N) is 3. The minimum Gasteiger partial charge on any atom is -0.465 e. The predicted octanol–water partition coefficient (Wildman–Crippen LogP) is 4.02. The number of para-hydroxylation sites is 1. The van der Waals surface area contributed by atoms with Crippen molar-refractivity contribution in [3.63, 3.8) is 0 Å². The third kappa shape index (κ3) is 3.73. The SMILES string of the molecule is COC(=O)c1ccccc1N(C)c1ncnc(Oc2ccc(C)c(C)c2)c1N. The van der Waals surface area contributed by atoms with Crippen molar-refractivity contribution >= 4 is 23.2 Å². The number of aryl methyl sites for hydroxylation is 2. The summed E-state index contributed by atoms with van der Waals surface area (Å²) in [4.78, 5) is 22.2. The van der Waals surface area contributed by atoms with Gasteiger partial charge in [-0.3, -0.25) is 0 Å². The van der Waals surface area contributed by atoms with Gasteiger partial charge in [0.05, 0.1) is 18.4 Å². The highest BCUT2D eigenvalue weighted by Gasteiger charge is 2.20. The van der Waals surface area contributed by atoms with Crippen molar-refractivity contribution < 1.29 is 14.3 Å². The Kier molecular flexibility index (Phi) is 5.44. The van der Waals surface area contributed by atoms with Crippen LogP contribution in [0.1, 0.15) is 21.5 Å². The van der Waals surface area contributed by atoms with Gasteiger partial charge in [-0.25, -0.2) is 9.78 Å². The number of carbonyl (C=O) groups is 1. The van der Waals surface area contributed by atoms with Gasteiger partial charge in [-0.05, 0) is 49.2 Å². The summed E-state index contributed by atoms with van der Waals surface area (Å²) in [6.07, 6.45) is 1.37. The topological polar surface area (TPSA) is 90.6 Å². The van der Waals surface area contributed by atoms with Gasteiger partial charge >= 0.3 is 5.97 Å². The van der Waals surface area contributed by atoms with E-state index in [4.69, 9.17) is 15.2 Å². The first-order valence-electron chi connectivity index (χ1n) is 8.69. The van der Waals surface area contributed by atoms with E-state index in [0.29, 0.717) is 22.8 Å². The van der Waals surface area contributed by atoms with Gasteiger partial charge in [0, 0.05) is 7.05 Å². The lowest BCUT2D eigenvalue weighted by Crippen LogP contribution is -2.18. The molecule has 144 valence electrons. The fraction of sp³-hybridized carbons (Fsp3) is 0.190. The highest BCUT2D eigenvalue weighted by Crippen LogP contribution is 2.35. The van der Waals surface area contributed by atoms with E-state index in [2.05, 4.69) is 9.97 Å². The number of carbonyl (C=O) groups excluding carboxylic acids is 1. The van der Waals surface area contributed by atoms with Crippen LogP contribution < -0.4 is 15.4 Å². The maximum Gasteiger partial charge on any atom is 0.339 e. The first kappa shape index (κ1) is 19.2. The lowest BCUT2D eigenvalue weighted by Gasteiger charge is -2.22. The smallest absolute Gasteiger partial charge is 0.339 e. The highest BCUT2D eigenvalue weighted by molar-refractivity contribution is 5.97. The molecule has 0 aliphatic heterocycles. The number of nitrogens with two attached hydrogens (primary N) is 1. The monoisotopic (exact) mass is 378 g/mol. The summed E-state index contributed by atoms with van der Waals surface area (Å²) in [5.74, 6) is 0.861. The Hall–Kier alpha value is -3.61. The molecule has 0 aliphatic rings. The zero-order valence-corrected chi connectivity index (χ0v) is 16.3. The summed E-state index contributed by atoms with van der Waals surface area (Å²) >= 11 is 0. The van der Waals surface area contributed by atoms with Crippen molar-refractivity contribution in [2.75, 3.05) is 24.8 Å². The Bertz CT molecular complexity index is 1020. The molecule has 0 spiro atoms. The molecule has 1 aromatic heterocycles. The van der Waals surface area contributed by atoms with Crippen molar-refractivity contribution in [3.05, 3.63) is 65.5 Å². The number of hydrogen-bond donors (Lipinski definition) is 1. The van der Waals surface area contributed by atoms with Crippen LogP contribution in [-0.4, -0.2) is 30.1 Å². The van der Waals surface area contributed by atoms with E-state index in [9.17, 15) is 4.79 Å². The molecule has 0 bridgehead atoms. The number of benzene rings is 2. The molecular formula is C21H22N4O3. The number of aromatic nitrogens is 2. The molecule has 7 heteroatoms. The number of esters is 1. The summed E-state index contributed by atoms with van der Waals surface area (Å²) < 4.78 is 10.7. The molecule has 7 nitrogen and oxygen atoms in total. The summed E-state index contributed by atoms with van der Waals surface area (Å²) in [7, 11) is 3.11. The number of methoxy groups -OCH3 is 1. The van der Waals surface area contributed by atoms with E-state index >= 15 is 0 Å². The maximum atomic E-state index is 12.1. The lowest BCUT2D eigenvalue weighted by atomic mass is 10.1. The quantitative estimate of drug-likeness (QED) is 0.671. The van der Waals surface area contributed by atoms with Crippen LogP contribution in [0.4, 0.5) is 17.2 Å². The van der Waals surface area contributed by atoms with Crippen molar-refractivity contribution in [2.45, 2.75) is 13.8 Å². The number of ether oxygens (including phenoxy) is 2. The summed E-state index contributed by atoms with van der Waals surface area (Å²) in [5.41, 5.74) is 9.84. The Morgan fingerprint density at radius 2 is 1.82 bits per heavy atom. The Labute approximate surface area is 163 Å². The Morgan fingerprint density at radius 3 is 2.54 bits per heavy atom. The third-order valence-electron chi connectivity index (χ3n) is 4.51. The average molecular weight is 378 g/mol. The van der Waals surface area contributed by atoms with Gasteiger partial charge in [0.15, 0.2) is 5.82 Å². The van der Waals surface area contributed by atoms with E-state index in [1.165, 1.54) is 19.0 Å². The van der Waals surface area contributed by atoms with Gasteiger partial charge in [-0.2, -0.15) is 4.98 Å². The molecule has 3 aromatic rings. The standard InChI is InChI=1S/C21H22N4O3/c1-13-9-10-15(11-14(13)2)28-20-18(22)19(23-12-24-20)25(3)17-8-6-5-7-16(17)21(26)27-4/h5-12H,22H2,1-4H3. The largest absolute Gasteiger partial charge is 0.465 e. The minimum absolute atomic E-state index is 0.246. The molecule has 0 atom stereocenters. The fourth-order valence-corrected chi connectivity index (χ4v) is 2.77. The summed E-state index contributed by atoms with van der Waals surface area (Å²) in [5, 5.41) is 0. The van der Waals surface area contributed by atoms with Crippen LogP contribution in [0.15, 0.2) is 48.8 Å². The van der Waals surface area contributed by atoms with E-state index in [1.54, 1.807) is 30.1 Å². The molecule has 2 aromatic carbocycles. The van der Waals surface area contributed by atoms with Gasteiger partial charge in [-0.15, -0.1) is 0 Å².